The number of imidazole rings is 1. The maximum absolute atomic E-state index is 9.74. The summed E-state index contributed by atoms with van der Waals surface area (Å²) >= 11 is 0. The molecule has 1 aliphatic rings. The highest BCUT2D eigenvalue weighted by molar-refractivity contribution is 6.05. The number of fused-ring (bicyclic) bond motifs is 4. The molecule has 24 heavy (non-hydrogen) atoms. The van der Waals surface area contributed by atoms with E-state index in [1.54, 1.807) is 12.4 Å². The molecule has 4 aromatic rings. The first-order valence-electron chi connectivity index (χ1n) is 7.74. The van der Waals surface area contributed by atoms with Gasteiger partial charge in [-0.25, -0.2) is 4.98 Å². The van der Waals surface area contributed by atoms with Crippen LogP contribution in [0.25, 0.3) is 39.1 Å². The van der Waals surface area contributed by atoms with Gasteiger partial charge in [0.2, 0.25) is 0 Å². The molecule has 0 amide bonds. The van der Waals surface area contributed by atoms with Gasteiger partial charge in [-0.15, -0.1) is 0 Å². The van der Waals surface area contributed by atoms with Gasteiger partial charge in [0.05, 0.1) is 18.0 Å². The molecule has 1 aliphatic carbocycles. The molecule has 0 aliphatic heterocycles. The van der Waals surface area contributed by atoms with Crippen LogP contribution >= 0.6 is 0 Å². The monoisotopic (exact) mass is 311 g/mol. The number of nitrogens with zero attached hydrogens (tertiary/aromatic N) is 2. The zero-order valence-corrected chi connectivity index (χ0v) is 12.7. The van der Waals surface area contributed by atoms with Crippen LogP contribution in [0.3, 0.4) is 0 Å². The average molecular weight is 311 g/mol. The van der Waals surface area contributed by atoms with Crippen LogP contribution in [0, 0.1) is 0 Å². The molecule has 4 nitrogen and oxygen atoms in total. The summed E-state index contributed by atoms with van der Waals surface area (Å²) in [5.41, 5.74) is 7.95. The Morgan fingerprint density at radius 1 is 0.875 bits per heavy atom. The lowest BCUT2D eigenvalue weighted by molar-refractivity contribution is 0.476. The van der Waals surface area contributed by atoms with Crippen LogP contribution in [0.15, 0.2) is 67.2 Å². The second-order valence-corrected chi connectivity index (χ2v) is 5.79. The third kappa shape index (κ3) is 1.68. The van der Waals surface area contributed by atoms with Crippen molar-refractivity contribution in [3.05, 3.63) is 78.3 Å². The molecule has 0 spiro atoms. The van der Waals surface area contributed by atoms with Crippen molar-refractivity contribution in [2.75, 3.05) is 0 Å². The Balaban J connectivity index is 1.84. The van der Waals surface area contributed by atoms with E-state index in [4.69, 9.17) is 0 Å². The van der Waals surface area contributed by atoms with E-state index in [1.807, 2.05) is 36.4 Å². The lowest BCUT2D eigenvalue weighted by Crippen LogP contribution is -1.87. The molecule has 0 atom stereocenters. The molecule has 0 fully saturated rings. The average Bonchev–Trinajstić information content (AvgIpc) is 3.20. The number of benzene rings is 2. The van der Waals surface area contributed by atoms with E-state index in [1.165, 1.54) is 6.26 Å². The Labute approximate surface area is 138 Å². The van der Waals surface area contributed by atoms with Crippen molar-refractivity contribution in [3.63, 3.8) is 0 Å². The Morgan fingerprint density at radius 3 is 2.50 bits per heavy atom. The van der Waals surface area contributed by atoms with Gasteiger partial charge < -0.3 is 10.1 Å². The van der Waals surface area contributed by atoms with E-state index in [9.17, 15) is 5.11 Å². The van der Waals surface area contributed by atoms with Crippen LogP contribution in [0.4, 0.5) is 0 Å². The Kier molecular flexibility index (Phi) is 2.61. The van der Waals surface area contributed by atoms with Gasteiger partial charge in [0, 0.05) is 22.9 Å². The van der Waals surface area contributed by atoms with Crippen LogP contribution in [0.5, 0.6) is 0 Å². The summed E-state index contributed by atoms with van der Waals surface area (Å²) in [6.45, 7) is 0. The van der Waals surface area contributed by atoms with Crippen LogP contribution in [-0.2, 0) is 0 Å². The summed E-state index contributed by atoms with van der Waals surface area (Å²) in [5, 5.41) is 9.74. The normalized spacial score (nSPS) is 14.1. The van der Waals surface area contributed by atoms with E-state index in [0.29, 0.717) is 0 Å². The minimum atomic E-state index is 0.809. The van der Waals surface area contributed by atoms with Gasteiger partial charge in [-0.05, 0) is 22.8 Å². The summed E-state index contributed by atoms with van der Waals surface area (Å²) in [4.78, 5) is 12.2. The van der Waals surface area contributed by atoms with Crippen LogP contribution < -0.4 is 0 Å². The first kappa shape index (κ1) is 13.1. The van der Waals surface area contributed by atoms with E-state index in [-0.39, 0.29) is 0 Å². The quantitative estimate of drug-likeness (QED) is 0.446. The van der Waals surface area contributed by atoms with Gasteiger partial charge in [0.15, 0.2) is 0 Å². The van der Waals surface area contributed by atoms with Crippen molar-refractivity contribution in [1.82, 2.24) is 15.0 Å². The first-order chi connectivity index (χ1) is 11.9. The van der Waals surface area contributed by atoms with Gasteiger partial charge >= 0.3 is 0 Å². The van der Waals surface area contributed by atoms with Gasteiger partial charge in [-0.1, -0.05) is 42.5 Å². The fraction of sp³-hybridized carbons (Fsp3) is 0. The molecule has 114 valence electrons. The SMILES string of the molecule is O/C=C1\c2ccccc2-c2c1cccc2-c1nc2cnccc2[nH]1. The van der Waals surface area contributed by atoms with Crippen molar-refractivity contribution in [2.24, 2.45) is 0 Å². The number of nitrogens with one attached hydrogen (secondary N) is 1. The van der Waals surface area contributed by atoms with Crippen LogP contribution in [-0.4, -0.2) is 20.1 Å². The first-order valence-corrected chi connectivity index (χ1v) is 7.74. The number of aliphatic hydroxyl groups excluding tert-OH is 1. The van der Waals surface area contributed by atoms with Crippen LogP contribution in [0.1, 0.15) is 11.1 Å². The van der Waals surface area contributed by atoms with Crippen molar-refractivity contribution in [1.29, 1.82) is 0 Å². The minimum Gasteiger partial charge on any atom is -0.515 e. The molecule has 2 aromatic carbocycles. The third-order valence-corrected chi connectivity index (χ3v) is 4.51. The minimum absolute atomic E-state index is 0.809. The molecule has 0 saturated carbocycles. The summed E-state index contributed by atoms with van der Waals surface area (Å²) in [6.07, 6.45) is 4.70. The number of rotatable bonds is 1. The Morgan fingerprint density at radius 2 is 1.67 bits per heavy atom. The molecule has 2 N–H and O–H groups in total. The highest BCUT2D eigenvalue weighted by atomic mass is 16.2. The topological polar surface area (TPSA) is 61.8 Å². The number of H-pyrrole nitrogens is 1. The molecule has 2 aromatic heterocycles. The number of hydrogen-bond acceptors (Lipinski definition) is 3. The van der Waals surface area contributed by atoms with Crippen molar-refractivity contribution in [2.45, 2.75) is 0 Å². The summed E-state index contributed by atoms with van der Waals surface area (Å²) < 4.78 is 0. The van der Waals surface area contributed by atoms with Crippen molar-refractivity contribution in [3.8, 4) is 22.5 Å². The maximum atomic E-state index is 9.74. The summed E-state index contributed by atoms with van der Waals surface area (Å²) in [6, 6.07) is 16.1. The molecular formula is C20H13N3O. The second-order valence-electron chi connectivity index (χ2n) is 5.79. The smallest absolute Gasteiger partial charge is 0.139 e. The van der Waals surface area contributed by atoms with Crippen molar-refractivity contribution >= 4 is 16.6 Å². The molecule has 0 unspecified atom stereocenters. The third-order valence-electron chi connectivity index (χ3n) is 4.51. The highest BCUT2D eigenvalue weighted by Gasteiger charge is 2.26. The van der Waals surface area contributed by atoms with Gasteiger partial charge in [0.1, 0.15) is 11.3 Å². The number of hydrogen-bond donors (Lipinski definition) is 2. The molecule has 5 rings (SSSR count). The fourth-order valence-corrected chi connectivity index (χ4v) is 3.47. The van der Waals surface area contributed by atoms with E-state index in [2.05, 4.69) is 27.1 Å². The standard InChI is InChI=1S/C20H13N3O/c24-11-16-12-4-1-2-5-13(12)19-14(16)6-3-7-15(19)20-22-17-8-9-21-10-18(17)23-20/h1-11,24H,(H,22,23)/b16-11+. The largest absolute Gasteiger partial charge is 0.515 e. The summed E-state index contributed by atoms with van der Waals surface area (Å²) in [7, 11) is 0. The molecule has 4 heteroatoms. The molecule has 0 bridgehead atoms. The second kappa shape index (κ2) is 4.80. The maximum Gasteiger partial charge on any atom is 0.139 e. The van der Waals surface area contributed by atoms with Crippen molar-refractivity contribution < 1.29 is 5.11 Å². The zero-order valence-electron chi connectivity index (χ0n) is 12.7. The predicted octanol–water partition coefficient (Wildman–Crippen LogP) is 4.55. The highest BCUT2D eigenvalue weighted by Crippen LogP contribution is 2.47. The number of pyridine rings is 1. The van der Waals surface area contributed by atoms with E-state index >= 15 is 0 Å². The summed E-state index contributed by atoms with van der Waals surface area (Å²) in [5.74, 6) is 0.809. The number of aliphatic hydroxyl groups is 1. The Bertz CT molecular complexity index is 1090. The van der Waals surface area contributed by atoms with Gasteiger partial charge in [-0.2, -0.15) is 0 Å². The molecular weight excluding hydrogens is 298 g/mol. The number of aromatic amines is 1. The fourth-order valence-electron chi connectivity index (χ4n) is 3.47. The Hall–Kier alpha value is -3.40. The lowest BCUT2D eigenvalue weighted by Gasteiger charge is -2.07. The predicted molar refractivity (Wildman–Crippen MR) is 94.5 cm³/mol. The molecule has 0 radical (unpaired) electrons. The van der Waals surface area contributed by atoms with E-state index < -0.39 is 0 Å². The molecule has 0 saturated heterocycles. The van der Waals surface area contributed by atoms with E-state index in [0.717, 1.165) is 50.2 Å². The van der Waals surface area contributed by atoms with Crippen LogP contribution in [0.2, 0.25) is 0 Å². The van der Waals surface area contributed by atoms with Gasteiger partial charge in [-0.3, -0.25) is 4.98 Å². The number of aromatic nitrogens is 3. The molecule has 2 heterocycles. The van der Waals surface area contributed by atoms with Gasteiger partial charge in [0.25, 0.3) is 0 Å². The zero-order chi connectivity index (χ0) is 16.1. The lowest BCUT2D eigenvalue weighted by atomic mass is 9.99.